The topological polar surface area (TPSA) is 76.1 Å². The molecule has 0 spiro atoms. The molecule has 0 fully saturated rings. The molecule has 3 rings (SSSR count). The quantitative estimate of drug-likeness (QED) is 0.726. The van der Waals surface area contributed by atoms with Crippen molar-refractivity contribution in [1.29, 1.82) is 0 Å². The molecular weight excluding hydrogens is 328 g/mol. The number of carbonyl (C=O) groups excluding carboxylic acids is 1. The minimum Gasteiger partial charge on any atom is -0.495 e. The van der Waals surface area contributed by atoms with Gasteiger partial charge in [0.05, 0.1) is 12.8 Å². The van der Waals surface area contributed by atoms with Crippen LogP contribution in [0.5, 0.6) is 5.75 Å². The van der Waals surface area contributed by atoms with Crippen LogP contribution in [0.15, 0.2) is 54.6 Å². The Morgan fingerprint density at radius 2 is 1.77 bits per heavy atom. The summed E-state index contributed by atoms with van der Waals surface area (Å²) in [6.07, 6.45) is 0. The highest BCUT2D eigenvalue weighted by atomic mass is 16.5. The van der Waals surface area contributed by atoms with Crippen LogP contribution in [0.3, 0.4) is 0 Å². The summed E-state index contributed by atoms with van der Waals surface area (Å²) in [5.41, 5.74) is 4.03. The van der Waals surface area contributed by atoms with Crippen LogP contribution in [0.1, 0.15) is 21.6 Å². The summed E-state index contributed by atoms with van der Waals surface area (Å²) < 4.78 is 5.23. The van der Waals surface area contributed by atoms with E-state index in [-0.39, 0.29) is 11.6 Å². The summed E-state index contributed by atoms with van der Waals surface area (Å²) in [5, 5.41) is 14.1. The van der Waals surface area contributed by atoms with E-state index in [9.17, 15) is 4.79 Å². The lowest BCUT2D eigenvalue weighted by Gasteiger charge is -2.11. The lowest BCUT2D eigenvalue weighted by molar-refractivity contribution is 0.102. The molecule has 6 nitrogen and oxygen atoms in total. The number of hydrogen-bond donors (Lipinski definition) is 2. The van der Waals surface area contributed by atoms with Crippen LogP contribution in [-0.2, 0) is 0 Å². The smallest absolute Gasteiger partial charge is 0.276 e. The van der Waals surface area contributed by atoms with Crippen molar-refractivity contribution in [2.24, 2.45) is 0 Å². The van der Waals surface area contributed by atoms with Gasteiger partial charge in [0.25, 0.3) is 5.91 Å². The summed E-state index contributed by atoms with van der Waals surface area (Å²) in [7, 11) is 1.55. The van der Waals surface area contributed by atoms with E-state index in [1.54, 1.807) is 31.4 Å². The molecule has 26 heavy (non-hydrogen) atoms. The number of aryl methyl sites for hydroxylation is 2. The van der Waals surface area contributed by atoms with Crippen LogP contribution in [-0.4, -0.2) is 23.2 Å². The molecule has 132 valence electrons. The van der Waals surface area contributed by atoms with Gasteiger partial charge >= 0.3 is 0 Å². The normalized spacial score (nSPS) is 10.3. The van der Waals surface area contributed by atoms with E-state index in [0.29, 0.717) is 17.3 Å². The number of anilines is 3. The van der Waals surface area contributed by atoms with E-state index < -0.39 is 0 Å². The highest BCUT2D eigenvalue weighted by molar-refractivity contribution is 6.03. The average molecular weight is 348 g/mol. The number of nitrogens with one attached hydrogen (secondary N) is 2. The number of nitrogens with zero attached hydrogens (tertiary/aromatic N) is 2. The zero-order valence-electron chi connectivity index (χ0n) is 14.9. The third-order valence-corrected chi connectivity index (χ3v) is 3.91. The molecule has 0 unspecified atom stereocenters. The Bertz CT molecular complexity index is 923. The van der Waals surface area contributed by atoms with E-state index >= 15 is 0 Å². The van der Waals surface area contributed by atoms with Crippen LogP contribution in [0.4, 0.5) is 17.2 Å². The molecule has 0 saturated carbocycles. The average Bonchev–Trinajstić information content (AvgIpc) is 2.65. The van der Waals surface area contributed by atoms with Crippen molar-refractivity contribution in [3.63, 3.8) is 0 Å². The third-order valence-electron chi connectivity index (χ3n) is 3.91. The van der Waals surface area contributed by atoms with Gasteiger partial charge in [0.1, 0.15) is 5.75 Å². The number of rotatable bonds is 5. The van der Waals surface area contributed by atoms with Crippen molar-refractivity contribution < 1.29 is 9.53 Å². The number of ether oxygens (including phenoxy) is 1. The van der Waals surface area contributed by atoms with Gasteiger partial charge in [-0.15, -0.1) is 10.2 Å². The van der Waals surface area contributed by atoms with Crippen LogP contribution < -0.4 is 15.4 Å². The van der Waals surface area contributed by atoms with E-state index in [1.807, 2.05) is 38.1 Å². The van der Waals surface area contributed by atoms with Crippen molar-refractivity contribution in [2.45, 2.75) is 13.8 Å². The summed E-state index contributed by atoms with van der Waals surface area (Å²) in [6, 6.07) is 16.7. The Hall–Kier alpha value is -3.41. The number of methoxy groups -OCH3 is 1. The number of hydrogen-bond acceptors (Lipinski definition) is 5. The van der Waals surface area contributed by atoms with Gasteiger partial charge in [0.15, 0.2) is 11.5 Å². The second-order valence-electron chi connectivity index (χ2n) is 5.90. The molecule has 1 amide bonds. The second kappa shape index (κ2) is 7.65. The molecule has 0 atom stereocenters. The first-order valence-electron chi connectivity index (χ1n) is 8.19. The van der Waals surface area contributed by atoms with Gasteiger partial charge in [-0.1, -0.05) is 24.3 Å². The fourth-order valence-electron chi connectivity index (χ4n) is 2.46. The first kappa shape index (κ1) is 17.4. The molecule has 0 bridgehead atoms. The van der Waals surface area contributed by atoms with Crippen molar-refractivity contribution in [1.82, 2.24) is 10.2 Å². The van der Waals surface area contributed by atoms with E-state index in [2.05, 4.69) is 26.9 Å². The summed E-state index contributed by atoms with van der Waals surface area (Å²) in [5.74, 6) is 0.815. The predicted octanol–water partition coefficient (Wildman–Crippen LogP) is 4.10. The largest absolute Gasteiger partial charge is 0.495 e. The minimum atomic E-state index is -0.347. The maximum absolute atomic E-state index is 12.4. The number of aromatic nitrogens is 2. The first-order chi connectivity index (χ1) is 12.6. The number of para-hydroxylation sites is 2. The molecule has 6 heteroatoms. The second-order valence-corrected chi connectivity index (χ2v) is 5.90. The van der Waals surface area contributed by atoms with Crippen molar-refractivity contribution >= 4 is 23.1 Å². The van der Waals surface area contributed by atoms with Gasteiger partial charge in [-0.25, -0.2) is 0 Å². The van der Waals surface area contributed by atoms with Crippen LogP contribution in [0.2, 0.25) is 0 Å². The van der Waals surface area contributed by atoms with Crippen molar-refractivity contribution in [3.8, 4) is 5.75 Å². The van der Waals surface area contributed by atoms with Crippen LogP contribution in [0.25, 0.3) is 0 Å². The molecule has 3 aromatic rings. The standard InChI is InChI=1S/C20H20N4O2/c1-13-8-9-14(2)17(12-13)21-19-11-10-16(23-24-19)20(25)22-15-6-4-5-7-18(15)26-3/h4-12H,1-3H3,(H,21,24)(H,22,25). The number of benzene rings is 2. The molecule has 2 N–H and O–H groups in total. The zero-order chi connectivity index (χ0) is 18.5. The Kier molecular flexibility index (Phi) is 5.12. The molecule has 2 aromatic carbocycles. The molecule has 1 aromatic heterocycles. The third kappa shape index (κ3) is 3.97. The van der Waals surface area contributed by atoms with E-state index in [0.717, 1.165) is 16.8 Å². The molecule has 1 heterocycles. The predicted molar refractivity (Wildman–Crippen MR) is 102 cm³/mol. The van der Waals surface area contributed by atoms with Crippen LogP contribution >= 0.6 is 0 Å². The fraction of sp³-hybridized carbons (Fsp3) is 0.150. The summed E-state index contributed by atoms with van der Waals surface area (Å²) >= 11 is 0. The lowest BCUT2D eigenvalue weighted by atomic mass is 10.1. The molecule has 0 saturated heterocycles. The molecule has 0 aliphatic heterocycles. The highest BCUT2D eigenvalue weighted by Crippen LogP contribution is 2.24. The number of amides is 1. The highest BCUT2D eigenvalue weighted by Gasteiger charge is 2.11. The zero-order valence-corrected chi connectivity index (χ0v) is 14.9. The fourth-order valence-corrected chi connectivity index (χ4v) is 2.46. The maximum Gasteiger partial charge on any atom is 0.276 e. The van der Waals surface area contributed by atoms with Crippen molar-refractivity contribution in [3.05, 3.63) is 71.4 Å². The monoisotopic (exact) mass is 348 g/mol. The Morgan fingerprint density at radius 1 is 0.962 bits per heavy atom. The first-order valence-corrected chi connectivity index (χ1v) is 8.19. The van der Waals surface area contributed by atoms with Crippen LogP contribution in [0, 0.1) is 13.8 Å². The summed E-state index contributed by atoms with van der Waals surface area (Å²) in [6.45, 7) is 4.05. The SMILES string of the molecule is COc1ccccc1NC(=O)c1ccc(Nc2cc(C)ccc2C)nn1. The van der Waals surface area contributed by atoms with Gasteiger partial charge in [-0.05, 0) is 55.3 Å². The molecule has 0 radical (unpaired) electrons. The van der Waals surface area contributed by atoms with Gasteiger partial charge < -0.3 is 15.4 Å². The summed E-state index contributed by atoms with van der Waals surface area (Å²) in [4.78, 5) is 12.4. The number of carbonyl (C=O) groups is 1. The van der Waals surface area contributed by atoms with Gasteiger partial charge in [-0.2, -0.15) is 0 Å². The van der Waals surface area contributed by atoms with E-state index in [4.69, 9.17) is 4.74 Å². The Balaban J connectivity index is 1.73. The Labute approximate surface area is 152 Å². The van der Waals surface area contributed by atoms with Crippen molar-refractivity contribution in [2.75, 3.05) is 17.7 Å². The van der Waals surface area contributed by atoms with E-state index in [1.165, 1.54) is 0 Å². The van der Waals surface area contributed by atoms with Gasteiger partial charge in [-0.3, -0.25) is 4.79 Å². The lowest BCUT2D eigenvalue weighted by Crippen LogP contribution is -2.15. The Morgan fingerprint density at radius 3 is 2.50 bits per heavy atom. The molecule has 0 aliphatic rings. The van der Waals surface area contributed by atoms with Gasteiger partial charge in [0, 0.05) is 5.69 Å². The van der Waals surface area contributed by atoms with Gasteiger partial charge in [0.2, 0.25) is 0 Å². The molecular formula is C20H20N4O2. The molecule has 0 aliphatic carbocycles. The minimum absolute atomic E-state index is 0.224. The maximum atomic E-state index is 12.4.